The van der Waals surface area contributed by atoms with Gasteiger partial charge in [0.25, 0.3) is 0 Å². The second-order valence-electron chi connectivity index (χ2n) is 4.45. The van der Waals surface area contributed by atoms with Gasteiger partial charge in [0.15, 0.2) is 0 Å². The van der Waals surface area contributed by atoms with Crippen LogP contribution in [0.4, 0.5) is 0 Å². The molecule has 0 saturated carbocycles. The fraction of sp³-hybridized carbons (Fsp3) is 0.533. The van der Waals surface area contributed by atoms with Crippen molar-refractivity contribution in [3.8, 4) is 0 Å². The van der Waals surface area contributed by atoms with Crippen molar-refractivity contribution in [3.05, 3.63) is 35.9 Å². The minimum absolute atomic E-state index is 0.104. The third-order valence-corrected chi connectivity index (χ3v) is 2.85. The molecule has 100 valence electrons. The molecule has 0 bridgehead atoms. The SMILES string of the molecule is CCOC(=O)CCN(C)CCCc1ccccc1. The van der Waals surface area contributed by atoms with Gasteiger partial charge in [-0.2, -0.15) is 0 Å². The summed E-state index contributed by atoms with van der Waals surface area (Å²) in [6.45, 7) is 4.08. The lowest BCUT2D eigenvalue weighted by molar-refractivity contribution is -0.143. The van der Waals surface area contributed by atoms with E-state index in [4.69, 9.17) is 4.74 Å². The van der Waals surface area contributed by atoms with Crippen molar-refractivity contribution in [1.82, 2.24) is 4.90 Å². The lowest BCUT2D eigenvalue weighted by Gasteiger charge is -2.15. The summed E-state index contributed by atoms with van der Waals surface area (Å²) < 4.78 is 4.90. The molecular formula is C15H23NO2. The lowest BCUT2D eigenvalue weighted by atomic mass is 10.1. The van der Waals surface area contributed by atoms with Crippen LogP contribution < -0.4 is 0 Å². The topological polar surface area (TPSA) is 29.5 Å². The summed E-state index contributed by atoms with van der Waals surface area (Å²) in [6, 6.07) is 10.5. The Bertz CT molecular complexity index is 338. The molecule has 0 fully saturated rings. The molecular weight excluding hydrogens is 226 g/mol. The first-order valence-corrected chi connectivity index (χ1v) is 6.60. The number of rotatable bonds is 8. The standard InChI is InChI=1S/C15H23NO2/c1-3-18-15(17)11-13-16(2)12-7-10-14-8-5-4-6-9-14/h4-6,8-9H,3,7,10-13H2,1-2H3. The Morgan fingerprint density at radius 1 is 1.22 bits per heavy atom. The van der Waals surface area contributed by atoms with Gasteiger partial charge in [-0.25, -0.2) is 0 Å². The minimum Gasteiger partial charge on any atom is -0.466 e. The van der Waals surface area contributed by atoms with Crippen LogP contribution in [0.1, 0.15) is 25.3 Å². The molecule has 0 heterocycles. The van der Waals surface area contributed by atoms with Gasteiger partial charge in [0.2, 0.25) is 0 Å². The normalized spacial score (nSPS) is 10.6. The van der Waals surface area contributed by atoms with Crippen molar-refractivity contribution in [2.45, 2.75) is 26.2 Å². The summed E-state index contributed by atoms with van der Waals surface area (Å²) in [5.41, 5.74) is 1.37. The number of aryl methyl sites for hydroxylation is 1. The van der Waals surface area contributed by atoms with E-state index in [9.17, 15) is 4.79 Å². The van der Waals surface area contributed by atoms with Gasteiger partial charge in [0.05, 0.1) is 13.0 Å². The highest BCUT2D eigenvalue weighted by molar-refractivity contribution is 5.69. The van der Waals surface area contributed by atoms with Gasteiger partial charge in [-0.3, -0.25) is 4.79 Å². The molecule has 0 aromatic heterocycles. The zero-order chi connectivity index (χ0) is 13.2. The van der Waals surface area contributed by atoms with Crippen molar-refractivity contribution in [2.75, 3.05) is 26.7 Å². The molecule has 0 unspecified atom stereocenters. The van der Waals surface area contributed by atoms with Crippen molar-refractivity contribution in [3.63, 3.8) is 0 Å². The van der Waals surface area contributed by atoms with E-state index in [-0.39, 0.29) is 5.97 Å². The smallest absolute Gasteiger partial charge is 0.307 e. The highest BCUT2D eigenvalue weighted by atomic mass is 16.5. The van der Waals surface area contributed by atoms with Crippen LogP contribution in [-0.4, -0.2) is 37.6 Å². The third kappa shape index (κ3) is 6.40. The van der Waals surface area contributed by atoms with Gasteiger partial charge in [0, 0.05) is 6.54 Å². The molecule has 0 saturated heterocycles. The molecule has 0 spiro atoms. The van der Waals surface area contributed by atoms with Crippen LogP contribution in [0, 0.1) is 0 Å². The van der Waals surface area contributed by atoms with Crippen LogP contribution >= 0.6 is 0 Å². The van der Waals surface area contributed by atoms with Crippen LogP contribution in [-0.2, 0) is 16.0 Å². The van der Waals surface area contributed by atoms with Gasteiger partial charge < -0.3 is 9.64 Å². The first-order valence-electron chi connectivity index (χ1n) is 6.60. The number of ether oxygens (including phenoxy) is 1. The third-order valence-electron chi connectivity index (χ3n) is 2.85. The molecule has 0 amide bonds. The molecule has 0 aliphatic carbocycles. The average Bonchev–Trinajstić information content (AvgIpc) is 2.38. The Morgan fingerprint density at radius 2 is 1.94 bits per heavy atom. The second kappa shape index (κ2) is 8.70. The molecule has 18 heavy (non-hydrogen) atoms. The molecule has 0 atom stereocenters. The fourth-order valence-corrected chi connectivity index (χ4v) is 1.82. The molecule has 0 radical (unpaired) electrons. The first kappa shape index (κ1) is 14.7. The summed E-state index contributed by atoms with van der Waals surface area (Å²) in [4.78, 5) is 13.4. The number of carbonyl (C=O) groups excluding carboxylic acids is 1. The molecule has 1 rings (SSSR count). The lowest BCUT2D eigenvalue weighted by Crippen LogP contribution is -2.24. The maximum atomic E-state index is 11.2. The number of hydrogen-bond acceptors (Lipinski definition) is 3. The highest BCUT2D eigenvalue weighted by Crippen LogP contribution is 2.03. The number of nitrogens with zero attached hydrogens (tertiary/aromatic N) is 1. The van der Waals surface area contributed by atoms with Gasteiger partial charge in [-0.1, -0.05) is 30.3 Å². The van der Waals surface area contributed by atoms with Crippen LogP contribution in [0.15, 0.2) is 30.3 Å². The van der Waals surface area contributed by atoms with E-state index in [2.05, 4.69) is 29.2 Å². The number of hydrogen-bond donors (Lipinski definition) is 0. The van der Waals surface area contributed by atoms with Crippen molar-refractivity contribution >= 4 is 5.97 Å². The zero-order valence-electron chi connectivity index (χ0n) is 11.4. The van der Waals surface area contributed by atoms with Gasteiger partial charge in [-0.05, 0) is 38.9 Å². The van der Waals surface area contributed by atoms with Gasteiger partial charge >= 0.3 is 5.97 Å². The summed E-state index contributed by atoms with van der Waals surface area (Å²) >= 11 is 0. The summed E-state index contributed by atoms with van der Waals surface area (Å²) in [5, 5.41) is 0. The predicted octanol–water partition coefficient (Wildman–Crippen LogP) is 2.50. The van der Waals surface area contributed by atoms with Crippen molar-refractivity contribution < 1.29 is 9.53 Å². The van der Waals surface area contributed by atoms with Crippen LogP contribution in [0.3, 0.4) is 0 Å². The number of esters is 1. The van der Waals surface area contributed by atoms with Gasteiger partial charge in [0.1, 0.15) is 0 Å². The summed E-state index contributed by atoms with van der Waals surface area (Å²) in [6.07, 6.45) is 2.68. The molecule has 0 N–H and O–H groups in total. The molecule has 3 nitrogen and oxygen atoms in total. The highest BCUT2D eigenvalue weighted by Gasteiger charge is 2.04. The van der Waals surface area contributed by atoms with Crippen LogP contribution in [0.2, 0.25) is 0 Å². The number of benzene rings is 1. The first-order chi connectivity index (χ1) is 8.72. The number of carbonyl (C=O) groups is 1. The van der Waals surface area contributed by atoms with Gasteiger partial charge in [-0.15, -0.1) is 0 Å². The van der Waals surface area contributed by atoms with Crippen LogP contribution in [0.25, 0.3) is 0 Å². The minimum atomic E-state index is -0.104. The Morgan fingerprint density at radius 3 is 2.61 bits per heavy atom. The quantitative estimate of drug-likeness (QED) is 0.663. The zero-order valence-corrected chi connectivity index (χ0v) is 11.4. The van der Waals surface area contributed by atoms with E-state index < -0.39 is 0 Å². The monoisotopic (exact) mass is 249 g/mol. The molecule has 0 aliphatic heterocycles. The fourth-order valence-electron chi connectivity index (χ4n) is 1.82. The maximum Gasteiger partial charge on any atom is 0.307 e. The van der Waals surface area contributed by atoms with E-state index >= 15 is 0 Å². The van der Waals surface area contributed by atoms with E-state index in [1.54, 1.807) is 0 Å². The van der Waals surface area contributed by atoms with Crippen molar-refractivity contribution in [1.29, 1.82) is 0 Å². The van der Waals surface area contributed by atoms with E-state index in [0.717, 1.165) is 25.9 Å². The Kier molecular flexibility index (Phi) is 7.11. The largest absolute Gasteiger partial charge is 0.466 e. The summed E-state index contributed by atoms with van der Waals surface area (Å²) in [7, 11) is 2.05. The Balaban J connectivity index is 2.10. The predicted molar refractivity (Wildman–Crippen MR) is 73.5 cm³/mol. The molecule has 1 aromatic rings. The Hall–Kier alpha value is -1.35. The van der Waals surface area contributed by atoms with E-state index in [1.807, 2.05) is 20.0 Å². The Labute approximate surface area is 110 Å². The van der Waals surface area contributed by atoms with E-state index in [1.165, 1.54) is 5.56 Å². The van der Waals surface area contributed by atoms with Crippen LogP contribution in [0.5, 0.6) is 0 Å². The molecule has 3 heteroatoms. The average molecular weight is 249 g/mol. The maximum absolute atomic E-state index is 11.2. The second-order valence-corrected chi connectivity index (χ2v) is 4.45. The summed E-state index contributed by atoms with van der Waals surface area (Å²) in [5.74, 6) is -0.104. The van der Waals surface area contributed by atoms with Crippen molar-refractivity contribution in [2.24, 2.45) is 0 Å². The van der Waals surface area contributed by atoms with E-state index in [0.29, 0.717) is 13.0 Å². The molecule has 1 aromatic carbocycles. The molecule has 0 aliphatic rings.